The van der Waals surface area contributed by atoms with E-state index in [4.69, 9.17) is 6.15 Å². The van der Waals surface area contributed by atoms with Gasteiger partial charge in [0.1, 0.15) is 23.3 Å². The summed E-state index contributed by atoms with van der Waals surface area (Å²) < 4.78 is 16.6. The number of nitrogen functional groups attached to an aromatic ring is 1. The summed E-state index contributed by atoms with van der Waals surface area (Å²) in [6.07, 6.45) is 1.91. The second-order valence-electron chi connectivity index (χ2n) is 7.86. The van der Waals surface area contributed by atoms with Gasteiger partial charge in [0.25, 0.3) is 5.91 Å². The number of carbonyl (C=O) groups excluding carboxylic acids is 1. The zero-order chi connectivity index (χ0) is 24.4. The molecule has 1 fully saturated rings. The van der Waals surface area contributed by atoms with Crippen LogP contribution >= 0.6 is 0 Å². The first kappa shape index (κ1) is 20.1. The van der Waals surface area contributed by atoms with Crippen molar-refractivity contribution in [1.82, 2.24) is 24.0 Å². The number of ether oxygens (including phenoxy) is 1. The van der Waals surface area contributed by atoms with E-state index in [1.807, 2.05) is 30.3 Å². The second kappa shape index (κ2) is 8.75. The molecule has 1 aliphatic rings. The van der Waals surface area contributed by atoms with E-state index in [1.165, 1.54) is 10.9 Å². The highest BCUT2D eigenvalue weighted by molar-refractivity contribution is 5.93. The van der Waals surface area contributed by atoms with Gasteiger partial charge in [-0.15, -0.1) is 0 Å². The van der Waals surface area contributed by atoms with E-state index in [9.17, 15) is 9.59 Å². The van der Waals surface area contributed by atoms with Crippen molar-refractivity contribution in [3.05, 3.63) is 71.4 Å². The minimum Gasteiger partial charge on any atom is -0.457 e. The molecule has 5 rings (SSSR count). The van der Waals surface area contributed by atoms with Crippen molar-refractivity contribution in [3.8, 4) is 29.0 Å². The van der Waals surface area contributed by atoms with Gasteiger partial charge in [-0.25, -0.2) is 14.8 Å². The fraction of sp³-hybridized carbons (Fsp3) is 0.200. The van der Waals surface area contributed by atoms with E-state index >= 15 is 0 Å². The monoisotopic (exact) mass is 455 g/mol. The van der Waals surface area contributed by atoms with Crippen molar-refractivity contribution >= 4 is 22.9 Å². The molecule has 0 bridgehead atoms. The quantitative estimate of drug-likeness (QED) is 0.464. The molecule has 4 aromatic rings. The molecule has 0 unspecified atom stereocenters. The Morgan fingerprint density at radius 1 is 1.15 bits per heavy atom. The number of hydrogen-bond acceptors (Lipinski definition) is 6. The molecule has 2 N–H and O–H groups in total. The number of imidazole rings is 1. The minimum atomic E-state index is -0.324. The summed E-state index contributed by atoms with van der Waals surface area (Å²) in [4.78, 5) is 36.1. The Balaban J connectivity index is 1.56. The highest BCUT2D eigenvalue weighted by Gasteiger charge is 2.31. The smallest absolute Gasteiger partial charge is 0.335 e. The lowest BCUT2D eigenvalue weighted by Crippen LogP contribution is -2.31. The molecule has 0 radical (unpaired) electrons. The lowest BCUT2D eigenvalue weighted by atomic mass is 10.2. The van der Waals surface area contributed by atoms with Crippen LogP contribution in [0, 0.1) is 11.8 Å². The number of benzene rings is 2. The fourth-order valence-electron chi connectivity index (χ4n) is 4.23. The number of nitrogens with zero attached hydrogens (tertiary/aromatic N) is 5. The molecule has 0 spiro atoms. The number of anilines is 1. The van der Waals surface area contributed by atoms with Crippen LogP contribution in [-0.4, -0.2) is 43.0 Å². The van der Waals surface area contributed by atoms with Gasteiger partial charge in [-0.3, -0.25) is 13.9 Å². The number of amides is 1. The number of fused-ring (bicyclic) bond motifs is 1. The maximum atomic E-state index is 13.7. The van der Waals surface area contributed by atoms with Crippen LogP contribution in [0.1, 0.15) is 19.4 Å². The number of carbonyl (C=O) groups is 1. The van der Waals surface area contributed by atoms with E-state index in [0.717, 1.165) is 0 Å². The number of rotatable bonds is 5. The van der Waals surface area contributed by atoms with Crippen LogP contribution in [0.2, 0.25) is 1.41 Å². The van der Waals surface area contributed by atoms with Gasteiger partial charge >= 0.3 is 5.69 Å². The number of para-hydroxylation sites is 1. The Bertz CT molecular complexity index is 1500. The molecule has 2 aromatic heterocycles. The first-order valence-corrected chi connectivity index (χ1v) is 10.8. The zero-order valence-electron chi connectivity index (χ0n) is 19.4. The Labute approximate surface area is 196 Å². The largest absolute Gasteiger partial charge is 0.457 e. The third-order valence-corrected chi connectivity index (χ3v) is 5.77. The summed E-state index contributed by atoms with van der Waals surface area (Å²) in [7, 11) is 0. The third-order valence-electron chi connectivity index (χ3n) is 5.77. The maximum absolute atomic E-state index is 13.7. The van der Waals surface area contributed by atoms with Crippen LogP contribution in [0.3, 0.4) is 0 Å². The van der Waals surface area contributed by atoms with E-state index in [2.05, 4.69) is 27.5 Å². The molecule has 3 heterocycles. The lowest BCUT2D eigenvalue weighted by Gasteiger charge is -2.14. The lowest BCUT2D eigenvalue weighted by molar-refractivity contribution is -0.124. The standard InChI is InChI=1S/C25H22N6O3/c1-2-6-21(32)29-14-13-18(15-29)31-24-22(23(26)27-16-28-24)30(25(31)33)17-9-11-20(12-10-17)34-19-7-4-3-5-8-19/h3-5,7-12,16,18H,13-15H2,1H3,(H2,26,27,28)/t18-/m1/s1/i/hD. The molecular weight excluding hydrogens is 432 g/mol. The summed E-state index contributed by atoms with van der Waals surface area (Å²) >= 11 is 0. The first-order valence-electron chi connectivity index (χ1n) is 11.3. The van der Waals surface area contributed by atoms with E-state index in [-0.39, 0.29) is 23.5 Å². The Kier molecular flexibility index (Phi) is 5.16. The number of nitrogens with two attached hydrogens (primary N) is 1. The van der Waals surface area contributed by atoms with Crippen LogP contribution in [-0.2, 0) is 4.79 Å². The van der Waals surface area contributed by atoms with Gasteiger partial charge in [-0.2, -0.15) is 0 Å². The molecule has 0 saturated carbocycles. The summed E-state index contributed by atoms with van der Waals surface area (Å²) in [5, 5.41) is 0. The van der Waals surface area contributed by atoms with Crippen molar-refractivity contribution in [3.63, 3.8) is 0 Å². The molecule has 1 saturated heterocycles. The van der Waals surface area contributed by atoms with Crippen LogP contribution in [0.15, 0.2) is 65.7 Å². The Morgan fingerprint density at radius 3 is 2.65 bits per heavy atom. The summed E-state index contributed by atoms with van der Waals surface area (Å²) in [6, 6.07) is 16.2. The van der Waals surface area contributed by atoms with Gasteiger partial charge in [0.05, 0.1) is 11.7 Å². The molecule has 1 amide bonds. The topological polar surface area (TPSA) is 108 Å². The Morgan fingerprint density at radius 2 is 1.91 bits per heavy atom. The van der Waals surface area contributed by atoms with Crippen LogP contribution in [0.25, 0.3) is 16.9 Å². The third kappa shape index (κ3) is 3.75. The zero-order valence-corrected chi connectivity index (χ0v) is 18.4. The SMILES string of the molecule is [2H]Nc1ncnc2c1n(-c1ccc(Oc3ccccc3)cc1)c(=O)n2[C@@H]1CCN(C(=O)C#CC)C1. The normalized spacial score (nSPS) is 15.5. The van der Waals surface area contributed by atoms with E-state index in [1.54, 1.807) is 40.7 Å². The molecule has 0 aliphatic carbocycles. The molecule has 9 heteroatoms. The average molecular weight is 455 g/mol. The van der Waals surface area contributed by atoms with Crippen molar-refractivity contribution in [1.29, 1.82) is 0 Å². The molecule has 9 nitrogen and oxygen atoms in total. The summed E-state index contributed by atoms with van der Waals surface area (Å²) in [5.74, 6) is 6.45. The highest BCUT2D eigenvalue weighted by atomic mass is 16.5. The van der Waals surface area contributed by atoms with Crippen molar-refractivity contribution in [2.75, 3.05) is 18.8 Å². The van der Waals surface area contributed by atoms with Gasteiger partial charge in [0.2, 0.25) is 0 Å². The van der Waals surface area contributed by atoms with Crippen LogP contribution in [0.4, 0.5) is 5.82 Å². The van der Waals surface area contributed by atoms with Gasteiger partial charge in [0.15, 0.2) is 12.9 Å². The second-order valence-corrected chi connectivity index (χ2v) is 7.86. The van der Waals surface area contributed by atoms with Gasteiger partial charge in [-0.05, 0) is 55.7 Å². The minimum absolute atomic E-state index is 0.207. The fourth-order valence-corrected chi connectivity index (χ4v) is 4.23. The number of aromatic nitrogens is 4. The van der Waals surface area contributed by atoms with Crippen LogP contribution < -0.4 is 16.2 Å². The predicted octanol–water partition coefficient (Wildman–Crippen LogP) is 2.75. The maximum Gasteiger partial charge on any atom is 0.335 e. The molecule has 1 atom stereocenters. The molecule has 170 valence electrons. The van der Waals surface area contributed by atoms with E-state index in [0.29, 0.717) is 47.9 Å². The van der Waals surface area contributed by atoms with E-state index < -0.39 is 0 Å². The number of likely N-dealkylation sites (tertiary alicyclic amines) is 1. The van der Waals surface area contributed by atoms with Crippen molar-refractivity contribution < 1.29 is 10.9 Å². The number of hydrogen-bond donors (Lipinski definition) is 1. The van der Waals surface area contributed by atoms with Gasteiger partial charge < -0.3 is 15.4 Å². The highest BCUT2D eigenvalue weighted by Crippen LogP contribution is 2.28. The van der Waals surface area contributed by atoms with Crippen molar-refractivity contribution in [2.24, 2.45) is 0 Å². The molecule has 2 aromatic carbocycles. The van der Waals surface area contributed by atoms with Crippen LogP contribution in [0.5, 0.6) is 11.5 Å². The molecule has 34 heavy (non-hydrogen) atoms. The van der Waals surface area contributed by atoms with Gasteiger partial charge in [0, 0.05) is 13.1 Å². The predicted molar refractivity (Wildman–Crippen MR) is 128 cm³/mol. The molecule has 1 aliphatic heterocycles. The summed E-state index contributed by atoms with van der Waals surface area (Å²) in [6.45, 7) is 2.47. The Hall–Kier alpha value is -4.58. The molecular formula is C25H22N6O3. The average Bonchev–Trinajstić information content (AvgIpc) is 3.47. The summed E-state index contributed by atoms with van der Waals surface area (Å²) in [5.41, 5.74) is 3.35. The van der Waals surface area contributed by atoms with Crippen molar-refractivity contribution in [2.45, 2.75) is 19.4 Å². The van der Waals surface area contributed by atoms with Gasteiger partial charge in [-0.1, -0.05) is 24.1 Å². The first-order chi connectivity index (χ1) is 17.1.